The van der Waals surface area contributed by atoms with Crippen LogP contribution in [0.5, 0.6) is 0 Å². The number of nitrogens with one attached hydrogen (secondary N) is 1. The van der Waals surface area contributed by atoms with E-state index in [1.807, 2.05) is 18.2 Å². The summed E-state index contributed by atoms with van der Waals surface area (Å²) in [6.07, 6.45) is 0. The van der Waals surface area contributed by atoms with Crippen molar-refractivity contribution in [3.8, 4) is 0 Å². The molecule has 1 heterocycles. The van der Waals surface area contributed by atoms with Crippen LogP contribution in [0.2, 0.25) is 0 Å². The van der Waals surface area contributed by atoms with Crippen LogP contribution in [-0.4, -0.2) is 15.9 Å². The Morgan fingerprint density at radius 1 is 1.00 bits per heavy atom. The van der Waals surface area contributed by atoms with Gasteiger partial charge >= 0.3 is 23.7 Å². The minimum Gasteiger partial charge on any atom is -0.378 e. The Bertz CT molecular complexity index is 543. The summed E-state index contributed by atoms with van der Waals surface area (Å²) in [5.74, 6) is 0. The molecule has 2 aromatic carbocycles. The molecule has 0 aliphatic heterocycles. The Hall–Kier alpha value is -1.03. The summed E-state index contributed by atoms with van der Waals surface area (Å²) in [7, 11) is 0. The number of benzene rings is 2. The molecular weight excluding hydrogens is 250 g/mol. The average molecular weight is 261 g/mol. The minimum absolute atomic E-state index is 0. The second-order valence-corrected chi connectivity index (χ2v) is 3.13. The van der Waals surface area contributed by atoms with Gasteiger partial charge in [0.2, 0.25) is 0 Å². The quantitative estimate of drug-likeness (QED) is 0.486. The maximum absolute atomic E-state index is 8.25. The SMILES string of the molecule is [O]=[Ti+].[SiH3].[c-]1cccc2c1[nH]c1ccccc12. The van der Waals surface area contributed by atoms with E-state index in [2.05, 4.69) is 35.3 Å². The smallest absolute Gasteiger partial charge is 0.0322 e. The van der Waals surface area contributed by atoms with Gasteiger partial charge in [-0.15, -0.1) is 5.39 Å². The Balaban J connectivity index is 0.000000406. The number of hydrogen-bond acceptors (Lipinski definition) is 1. The molecule has 0 fully saturated rings. The predicted molar refractivity (Wildman–Crippen MR) is 65.3 cm³/mol. The maximum atomic E-state index is 8.25. The third kappa shape index (κ3) is 2.21. The molecule has 1 aromatic heterocycles. The second kappa shape index (κ2) is 5.89. The van der Waals surface area contributed by atoms with Gasteiger partial charge in [0.05, 0.1) is 0 Å². The van der Waals surface area contributed by atoms with E-state index in [0.29, 0.717) is 0 Å². The fraction of sp³-hybridized carbons (Fsp3) is 0. The molecule has 0 bridgehead atoms. The van der Waals surface area contributed by atoms with E-state index >= 15 is 0 Å². The standard InChI is InChI=1S/C12H8N.O.H3Si.Ti/c1-3-7-11-9(5-1)10-6-2-4-8-12(10)13-11;;;/h1-7,13H;;1H3;/q-1;;;+1. The summed E-state index contributed by atoms with van der Waals surface area (Å²) in [5, 5.41) is 2.52. The van der Waals surface area contributed by atoms with E-state index in [0.717, 1.165) is 25.9 Å². The summed E-state index contributed by atoms with van der Waals surface area (Å²) in [6.45, 7) is 0. The summed E-state index contributed by atoms with van der Waals surface area (Å²) in [5.41, 5.74) is 2.27. The van der Waals surface area contributed by atoms with Crippen molar-refractivity contribution in [1.82, 2.24) is 4.98 Å². The molecule has 0 amide bonds. The van der Waals surface area contributed by atoms with Gasteiger partial charge < -0.3 is 4.98 Å². The van der Waals surface area contributed by atoms with Crippen LogP contribution < -0.4 is 0 Å². The summed E-state index contributed by atoms with van der Waals surface area (Å²) in [4.78, 5) is 3.32. The van der Waals surface area contributed by atoms with Crippen LogP contribution in [0.25, 0.3) is 21.8 Å². The van der Waals surface area contributed by atoms with Crippen molar-refractivity contribution in [2.24, 2.45) is 0 Å². The van der Waals surface area contributed by atoms with Gasteiger partial charge in [-0.3, -0.25) is 0 Å². The zero-order valence-electron chi connectivity index (χ0n) is 8.95. The topological polar surface area (TPSA) is 32.9 Å². The molecule has 0 saturated heterocycles. The average Bonchev–Trinajstić information content (AvgIpc) is 2.70. The zero-order chi connectivity index (χ0) is 10.7. The molecule has 0 aliphatic carbocycles. The molecule has 0 unspecified atom stereocenters. The Morgan fingerprint density at radius 2 is 1.69 bits per heavy atom. The van der Waals surface area contributed by atoms with Gasteiger partial charge in [0, 0.05) is 5.52 Å². The van der Waals surface area contributed by atoms with E-state index in [1.165, 1.54) is 16.3 Å². The molecule has 16 heavy (non-hydrogen) atoms. The molecule has 0 atom stereocenters. The predicted octanol–water partition coefficient (Wildman–Crippen LogP) is 1.82. The first-order valence-corrected chi connectivity index (χ1v) is 5.16. The first-order chi connectivity index (χ1) is 7.45. The van der Waals surface area contributed by atoms with Gasteiger partial charge in [0.1, 0.15) is 0 Å². The van der Waals surface area contributed by atoms with Crippen LogP contribution in [0, 0.1) is 6.07 Å². The van der Waals surface area contributed by atoms with Gasteiger partial charge in [-0.1, -0.05) is 23.7 Å². The number of fused-ring (bicyclic) bond motifs is 3. The number of hydrogen-bond donors (Lipinski definition) is 1. The van der Waals surface area contributed by atoms with Crippen molar-refractivity contribution in [3.05, 3.63) is 48.5 Å². The third-order valence-corrected chi connectivity index (χ3v) is 2.33. The van der Waals surface area contributed by atoms with E-state index in [1.54, 1.807) is 0 Å². The van der Waals surface area contributed by atoms with Crippen molar-refractivity contribution < 1.29 is 23.7 Å². The molecule has 4 heteroatoms. The van der Waals surface area contributed by atoms with Crippen LogP contribution in [-0.2, 0) is 23.7 Å². The van der Waals surface area contributed by atoms with Crippen molar-refractivity contribution >= 4 is 32.8 Å². The van der Waals surface area contributed by atoms with Crippen molar-refractivity contribution in [3.63, 3.8) is 0 Å². The fourth-order valence-electron chi connectivity index (χ4n) is 1.73. The normalized spacial score (nSPS) is 9.38. The molecule has 1 radical (unpaired) electrons. The largest absolute Gasteiger partial charge is 0.378 e. The number of rotatable bonds is 0. The van der Waals surface area contributed by atoms with Crippen LogP contribution in [0.15, 0.2) is 42.5 Å². The van der Waals surface area contributed by atoms with Gasteiger partial charge in [-0.25, -0.2) is 0 Å². The Labute approximate surface area is 110 Å². The Kier molecular flexibility index (Phi) is 4.80. The second-order valence-electron chi connectivity index (χ2n) is 3.13. The first-order valence-electron chi connectivity index (χ1n) is 4.53. The van der Waals surface area contributed by atoms with Crippen LogP contribution in [0.1, 0.15) is 0 Å². The van der Waals surface area contributed by atoms with E-state index < -0.39 is 0 Å². The van der Waals surface area contributed by atoms with E-state index in [-0.39, 0.29) is 11.0 Å². The molecule has 2 nitrogen and oxygen atoms in total. The summed E-state index contributed by atoms with van der Waals surface area (Å²) in [6, 6.07) is 17.6. The molecule has 0 aliphatic rings. The van der Waals surface area contributed by atoms with Crippen LogP contribution >= 0.6 is 0 Å². The number of H-pyrrole nitrogens is 1. The maximum Gasteiger partial charge on any atom is 0.0322 e. The van der Waals surface area contributed by atoms with Crippen molar-refractivity contribution in [2.45, 2.75) is 0 Å². The fourth-order valence-corrected chi connectivity index (χ4v) is 1.73. The molecular formula is C12H11NOSiTi. The van der Waals surface area contributed by atoms with E-state index in [9.17, 15) is 0 Å². The van der Waals surface area contributed by atoms with Crippen LogP contribution in [0.4, 0.5) is 0 Å². The number of aromatic nitrogens is 1. The van der Waals surface area contributed by atoms with Gasteiger partial charge in [-0.2, -0.15) is 24.3 Å². The summed E-state index contributed by atoms with van der Waals surface area (Å²) >= 11 is 0.750. The molecule has 78 valence electrons. The minimum atomic E-state index is 0. The van der Waals surface area contributed by atoms with Gasteiger partial charge in [0.15, 0.2) is 0 Å². The molecule has 0 saturated carbocycles. The molecule has 3 rings (SSSR count). The molecule has 3 aromatic rings. The zero-order valence-corrected chi connectivity index (χ0v) is 12.5. The molecule has 0 spiro atoms. The third-order valence-electron chi connectivity index (χ3n) is 2.33. The van der Waals surface area contributed by atoms with E-state index in [4.69, 9.17) is 3.32 Å². The van der Waals surface area contributed by atoms with Crippen molar-refractivity contribution in [2.75, 3.05) is 0 Å². The monoisotopic (exact) mass is 261 g/mol. The number of aromatic amines is 1. The van der Waals surface area contributed by atoms with Crippen molar-refractivity contribution in [1.29, 1.82) is 0 Å². The van der Waals surface area contributed by atoms with Crippen LogP contribution in [0.3, 0.4) is 0 Å². The summed E-state index contributed by atoms with van der Waals surface area (Å²) < 4.78 is 8.25. The number of para-hydroxylation sites is 2. The van der Waals surface area contributed by atoms with Gasteiger partial charge in [0.25, 0.3) is 0 Å². The van der Waals surface area contributed by atoms with Gasteiger partial charge in [-0.05, 0) is 22.4 Å². The molecule has 1 N–H and O–H groups in total. The first kappa shape index (κ1) is 13.0. The Morgan fingerprint density at radius 3 is 2.50 bits per heavy atom.